The SMILES string of the molecule is COc1[c]cccc1CCl. The van der Waals surface area contributed by atoms with Crippen molar-refractivity contribution in [2.24, 2.45) is 0 Å². The molecule has 2 heteroatoms. The average molecular weight is 156 g/mol. The molecule has 0 saturated carbocycles. The van der Waals surface area contributed by atoms with Crippen LogP contribution in [0.5, 0.6) is 5.75 Å². The first kappa shape index (κ1) is 7.42. The Balaban J connectivity index is 2.96. The van der Waals surface area contributed by atoms with Crippen LogP contribution in [-0.2, 0) is 5.88 Å². The van der Waals surface area contributed by atoms with Crippen molar-refractivity contribution in [3.8, 4) is 5.75 Å². The summed E-state index contributed by atoms with van der Waals surface area (Å²) >= 11 is 5.61. The maximum absolute atomic E-state index is 5.61. The molecule has 0 fully saturated rings. The summed E-state index contributed by atoms with van der Waals surface area (Å²) < 4.78 is 5.00. The molecule has 1 aromatic rings. The zero-order valence-corrected chi connectivity index (χ0v) is 6.48. The van der Waals surface area contributed by atoms with E-state index in [9.17, 15) is 0 Å². The largest absolute Gasteiger partial charge is 0.496 e. The molecule has 1 aromatic carbocycles. The van der Waals surface area contributed by atoms with Crippen LogP contribution in [0.4, 0.5) is 0 Å². The van der Waals surface area contributed by atoms with Gasteiger partial charge < -0.3 is 4.74 Å². The third-order valence-corrected chi connectivity index (χ3v) is 1.54. The Morgan fingerprint density at radius 2 is 2.50 bits per heavy atom. The van der Waals surface area contributed by atoms with E-state index >= 15 is 0 Å². The zero-order chi connectivity index (χ0) is 7.40. The van der Waals surface area contributed by atoms with E-state index in [1.165, 1.54) is 0 Å². The third-order valence-electron chi connectivity index (χ3n) is 1.25. The lowest BCUT2D eigenvalue weighted by Gasteiger charge is -2.02. The van der Waals surface area contributed by atoms with E-state index < -0.39 is 0 Å². The maximum Gasteiger partial charge on any atom is 0.131 e. The van der Waals surface area contributed by atoms with Gasteiger partial charge >= 0.3 is 0 Å². The lowest BCUT2D eigenvalue weighted by atomic mass is 10.2. The highest BCUT2D eigenvalue weighted by molar-refractivity contribution is 6.17. The molecule has 0 saturated heterocycles. The molecule has 0 aromatic heterocycles. The average Bonchev–Trinajstić information content (AvgIpc) is 2.04. The van der Waals surface area contributed by atoms with E-state index in [4.69, 9.17) is 16.3 Å². The minimum Gasteiger partial charge on any atom is -0.496 e. The number of rotatable bonds is 2. The van der Waals surface area contributed by atoms with Crippen molar-refractivity contribution in [1.82, 2.24) is 0 Å². The summed E-state index contributed by atoms with van der Waals surface area (Å²) in [6.45, 7) is 0. The fourth-order valence-corrected chi connectivity index (χ4v) is 0.962. The highest BCUT2D eigenvalue weighted by atomic mass is 35.5. The number of alkyl halides is 1. The van der Waals surface area contributed by atoms with Crippen LogP contribution in [0.2, 0.25) is 0 Å². The number of hydrogen-bond donors (Lipinski definition) is 0. The van der Waals surface area contributed by atoms with E-state index in [1.807, 2.05) is 12.1 Å². The molecule has 0 amide bonds. The Morgan fingerprint density at radius 3 is 3.00 bits per heavy atom. The number of ether oxygens (including phenoxy) is 1. The van der Waals surface area contributed by atoms with Crippen molar-refractivity contribution in [2.45, 2.75) is 5.88 Å². The molecule has 10 heavy (non-hydrogen) atoms. The highest BCUT2D eigenvalue weighted by Crippen LogP contribution is 2.17. The van der Waals surface area contributed by atoms with Gasteiger partial charge in [-0.3, -0.25) is 0 Å². The minimum atomic E-state index is 0.473. The van der Waals surface area contributed by atoms with Gasteiger partial charge in [0, 0.05) is 11.6 Å². The summed E-state index contributed by atoms with van der Waals surface area (Å²) in [5.41, 5.74) is 0.978. The fraction of sp³-hybridized carbons (Fsp3) is 0.250. The molecular weight excluding hydrogens is 148 g/mol. The van der Waals surface area contributed by atoms with Crippen molar-refractivity contribution in [2.75, 3.05) is 7.11 Å². The zero-order valence-electron chi connectivity index (χ0n) is 5.73. The monoisotopic (exact) mass is 155 g/mol. The lowest BCUT2D eigenvalue weighted by Crippen LogP contribution is -1.87. The van der Waals surface area contributed by atoms with E-state index in [0.29, 0.717) is 5.88 Å². The molecule has 53 valence electrons. The molecule has 0 aliphatic heterocycles. The van der Waals surface area contributed by atoms with Crippen LogP contribution >= 0.6 is 11.6 Å². The normalized spacial score (nSPS) is 9.40. The molecule has 0 bridgehead atoms. The van der Waals surface area contributed by atoms with E-state index in [1.54, 1.807) is 13.2 Å². The molecule has 0 heterocycles. The quantitative estimate of drug-likeness (QED) is 0.596. The Kier molecular flexibility index (Phi) is 2.57. The van der Waals surface area contributed by atoms with Crippen molar-refractivity contribution >= 4 is 11.6 Å². The second-order valence-corrected chi connectivity index (χ2v) is 2.13. The van der Waals surface area contributed by atoms with Gasteiger partial charge in [0.25, 0.3) is 0 Å². The predicted octanol–water partition coefficient (Wildman–Crippen LogP) is 2.23. The summed E-state index contributed by atoms with van der Waals surface area (Å²) in [6, 6.07) is 8.54. The van der Waals surface area contributed by atoms with Crippen LogP contribution in [-0.4, -0.2) is 7.11 Å². The smallest absolute Gasteiger partial charge is 0.131 e. The predicted molar refractivity (Wildman–Crippen MR) is 41.4 cm³/mol. The number of hydrogen-bond acceptors (Lipinski definition) is 1. The van der Waals surface area contributed by atoms with Crippen molar-refractivity contribution < 1.29 is 4.74 Å². The first-order chi connectivity index (χ1) is 4.88. The molecule has 0 N–H and O–H groups in total. The van der Waals surface area contributed by atoms with Gasteiger partial charge in [0.1, 0.15) is 5.75 Å². The maximum atomic E-state index is 5.61. The van der Waals surface area contributed by atoms with Crippen LogP contribution in [0.25, 0.3) is 0 Å². The molecule has 0 aliphatic carbocycles. The highest BCUT2D eigenvalue weighted by Gasteiger charge is 1.97. The van der Waals surface area contributed by atoms with Gasteiger partial charge in [-0.2, -0.15) is 0 Å². The van der Waals surface area contributed by atoms with E-state index in [-0.39, 0.29) is 0 Å². The number of para-hydroxylation sites is 1. The number of methoxy groups -OCH3 is 1. The van der Waals surface area contributed by atoms with Gasteiger partial charge in [0.2, 0.25) is 0 Å². The van der Waals surface area contributed by atoms with Gasteiger partial charge in [-0.25, -0.2) is 0 Å². The van der Waals surface area contributed by atoms with Crippen LogP contribution in [0.1, 0.15) is 5.56 Å². The second-order valence-electron chi connectivity index (χ2n) is 1.86. The van der Waals surface area contributed by atoms with Crippen molar-refractivity contribution in [3.05, 3.63) is 29.8 Å². The second kappa shape index (κ2) is 3.47. The van der Waals surface area contributed by atoms with Crippen LogP contribution in [0.15, 0.2) is 18.2 Å². The molecule has 0 spiro atoms. The van der Waals surface area contributed by atoms with E-state index in [0.717, 1.165) is 11.3 Å². The summed E-state index contributed by atoms with van der Waals surface area (Å²) in [6.07, 6.45) is 0. The molecule has 0 atom stereocenters. The van der Waals surface area contributed by atoms with E-state index in [2.05, 4.69) is 6.07 Å². The number of halogens is 1. The first-order valence-electron chi connectivity index (χ1n) is 2.98. The van der Waals surface area contributed by atoms with Gasteiger partial charge in [0.15, 0.2) is 0 Å². The molecule has 0 aliphatic rings. The first-order valence-corrected chi connectivity index (χ1v) is 3.51. The van der Waals surface area contributed by atoms with Gasteiger partial charge in [-0.05, 0) is 0 Å². The lowest BCUT2D eigenvalue weighted by molar-refractivity contribution is 0.410. The molecule has 1 radical (unpaired) electrons. The molecule has 1 nitrogen and oxygen atoms in total. The minimum absolute atomic E-state index is 0.473. The number of benzene rings is 1. The van der Waals surface area contributed by atoms with Gasteiger partial charge in [-0.1, -0.05) is 18.2 Å². The van der Waals surface area contributed by atoms with Gasteiger partial charge in [0.05, 0.1) is 13.0 Å². The summed E-state index contributed by atoms with van der Waals surface area (Å²) in [4.78, 5) is 0. The Labute approximate surface area is 65.6 Å². The fourth-order valence-electron chi connectivity index (χ4n) is 0.752. The third kappa shape index (κ3) is 1.42. The summed E-state index contributed by atoms with van der Waals surface area (Å²) in [7, 11) is 1.61. The standard InChI is InChI=1S/C8H8ClO/c1-10-8-5-3-2-4-7(8)6-9/h2-4H,6H2,1H3. The van der Waals surface area contributed by atoms with Crippen LogP contribution in [0.3, 0.4) is 0 Å². The van der Waals surface area contributed by atoms with Gasteiger partial charge in [-0.15, -0.1) is 11.6 Å². The topological polar surface area (TPSA) is 9.23 Å². The van der Waals surface area contributed by atoms with Crippen molar-refractivity contribution in [3.63, 3.8) is 0 Å². The van der Waals surface area contributed by atoms with Crippen molar-refractivity contribution in [1.29, 1.82) is 0 Å². The van der Waals surface area contributed by atoms with Crippen LogP contribution < -0.4 is 4.74 Å². The molecular formula is C8H8ClO. The Bertz CT molecular complexity index is 187. The summed E-state index contributed by atoms with van der Waals surface area (Å²) in [5, 5.41) is 0. The molecule has 0 unspecified atom stereocenters. The molecule has 1 rings (SSSR count). The Hall–Kier alpha value is -0.690. The van der Waals surface area contributed by atoms with Crippen LogP contribution in [0, 0.1) is 6.07 Å². The summed E-state index contributed by atoms with van der Waals surface area (Å²) in [5.74, 6) is 1.21. The Morgan fingerprint density at radius 1 is 1.70 bits per heavy atom.